The molecule has 0 saturated heterocycles. The van der Waals surface area contributed by atoms with Gasteiger partial charge in [0.1, 0.15) is 6.04 Å². The largest absolute Gasteiger partial charge is 0.480 e. The molecule has 1 fully saturated rings. The Balaban J connectivity index is 1.74. The van der Waals surface area contributed by atoms with Crippen LogP contribution in [-0.4, -0.2) is 32.8 Å². The highest BCUT2D eigenvalue weighted by molar-refractivity contribution is 6.35. The maximum atomic E-state index is 12.3. The molecular formula is C16H15Cl2N3O3. The Morgan fingerprint density at radius 1 is 1.38 bits per heavy atom. The number of benzene rings is 1. The Hall–Kier alpha value is -2.05. The molecule has 0 spiro atoms. The summed E-state index contributed by atoms with van der Waals surface area (Å²) in [5, 5.41) is 16.8. The predicted octanol–water partition coefficient (Wildman–Crippen LogP) is 3.16. The first kappa shape index (κ1) is 16.8. The Bertz CT molecular complexity index is 787. The maximum absolute atomic E-state index is 12.3. The zero-order valence-electron chi connectivity index (χ0n) is 12.6. The van der Waals surface area contributed by atoms with E-state index in [9.17, 15) is 14.7 Å². The molecule has 0 aliphatic heterocycles. The number of carbonyl (C=O) groups excluding carboxylic acids is 1. The molecule has 126 valence electrons. The number of nitrogens with zero attached hydrogens (tertiary/aromatic N) is 2. The lowest BCUT2D eigenvalue weighted by Crippen LogP contribution is -2.41. The fourth-order valence-corrected chi connectivity index (χ4v) is 2.88. The summed E-state index contributed by atoms with van der Waals surface area (Å²) in [6.07, 6.45) is 5.37. The standard InChI is InChI=1S/C16H15Cl2N3O3/c17-11-3-4-14(12(18)6-11)21-8-10(7-19-21)15(22)20-13(16(23)24)5-9-1-2-9/h3-4,6-9,13H,1-2,5H2,(H,20,22)(H,23,24). The molecule has 1 amide bonds. The Labute approximate surface area is 148 Å². The normalized spacial score (nSPS) is 15.1. The summed E-state index contributed by atoms with van der Waals surface area (Å²) in [6.45, 7) is 0. The predicted molar refractivity (Wildman–Crippen MR) is 89.8 cm³/mol. The van der Waals surface area contributed by atoms with Gasteiger partial charge in [-0.2, -0.15) is 5.10 Å². The number of carboxylic acids is 1. The molecule has 1 aromatic carbocycles. The van der Waals surface area contributed by atoms with Crippen LogP contribution in [0.3, 0.4) is 0 Å². The van der Waals surface area contributed by atoms with E-state index in [1.165, 1.54) is 17.1 Å². The Morgan fingerprint density at radius 2 is 2.12 bits per heavy atom. The molecule has 1 aromatic heterocycles. The third-order valence-electron chi connectivity index (χ3n) is 3.87. The third-order valence-corrected chi connectivity index (χ3v) is 4.41. The summed E-state index contributed by atoms with van der Waals surface area (Å²) in [5.74, 6) is -1.11. The lowest BCUT2D eigenvalue weighted by atomic mass is 10.1. The van der Waals surface area contributed by atoms with E-state index in [1.807, 2.05) is 0 Å². The van der Waals surface area contributed by atoms with Crippen molar-refractivity contribution in [1.29, 1.82) is 0 Å². The number of amides is 1. The molecule has 1 aliphatic carbocycles. The van der Waals surface area contributed by atoms with Crippen molar-refractivity contribution in [2.45, 2.75) is 25.3 Å². The molecule has 1 aliphatic rings. The smallest absolute Gasteiger partial charge is 0.326 e. The quantitative estimate of drug-likeness (QED) is 0.820. The third kappa shape index (κ3) is 3.88. The average molecular weight is 368 g/mol. The van der Waals surface area contributed by atoms with Crippen LogP contribution >= 0.6 is 23.2 Å². The van der Waals surface area contributed by atoms with E-state index in [1.54, 1.807) is 18.2 Å². The van der Waals surface area contributed by atoms with Gasteiger partial charge in [0.2, 0.25) is 0 Å². The molecule has 0 radical (unpaired) electrons. The van der Waals surface area contributed by atoms with Crippen molar-refractivity contribution >= 4 is 35.1 Å². The zero-order valence-corrected chi connectivity index (χ0v) is 14.1. The number of carbonyl (C=O) groups is 2. The summed E-state index contributed by atoms with van der Waals surface area (Å²) in [7, 11) is 0. The molecule has 1 atom stereocenters. The van der Waals surface area contributed by atoms with E-state index in [4.69, 9.17) is 23.2 Å². The van der Waals surface area contributed by atoms with Gasteiger partial charge in [-0.1, -0.05) is 36.0 Å². The SMILES string of the molecule is O=C(NC(CC1CC1)C(=O)O)c1cnn(-c2ccc(Cl)cc2Cl)c1. The van der Waals surface area contributed by atoms with E-state index in [0.29, 0.717) is 28.1 Å². The van der Waals surface area contributed by atoms with Gasteiger partial charge in [-0.3, -0.25) is 4.79 Å². The van der Waals surface area contributed by atoms with Crippen LogP contribution in [0.15, 0.2) is 30.6 Å². The van der Waals surface area contributed by atoms with Gasteiger partial charge in [-0.15, -0.1) is 0 Å². The van der Waals surface area contributed by atoms with E-state index in [-0.39, 0.29) is 5.56 Å². The van der Waals surface area contributed by atoms with Crippen molar-refractivity contribution in [1.82, 2.24) is 15.1 Å². The molecular weight excluding hydrogens is 353 g/mol. The summed E-state index contributed by atoms with van der Waals surface area (Å²) in [4.78, 5) is 23.5. The molecule has 3 rings (SSSR count). The minimum absolute atomic E-state index is 0.267. The fourth-order valence-electron chi connectivity index (χ4n) is 2.39. The van der Waals surface area contributed by atoms with Gasteiger partial charge in [0.05, 0.1) is 22.5 Å². The number of halogens is 2. The van der Waals surface area contributed by atoms with Crippen LogP contribution in [0.25, 0.3) is 5.69 Å². The highest BCUT2D eigenvalue weighted by Crippen LogP contribution is 2.33. The van der Waals surface area contributed by atoms with Crippen LogP contribution < -0.4 is 5.32 Å². The molecule has 1 heterocycles. The van der Waals surface area contributed by atoms with E-state index in [0.717, 1.165) is 12.8 Å². The van der Waals surface area contributed by atoms with E-state index < -0.39 is 17.9 Å². The lowest BCUT2D eigenvalue weighted by molar-refractivity contribution is -0.139. The van der Waals surface area contributed by atoms with Crippen LogP contribution in [0.4, 0.5) is 0 Å². The molecule has 8 heteroatoms. The summed E-state index contributed by atoms with van der Waals surface area (Å²) >= 11 is 12.0. The monoisotopic (exact) mass is 367 g/mol. The van der Waals surface area contributed by atoms with Gasteiger partial charge in [-0.05, 0) is 30.5 Å². The number of rotatable bonds is 6. The van der Waals surface area contributed by atoms with Crippen molar-refractivity contribution in [3.8, 4) is 5.69 Å². The van der Waals surface area contributed by atoms with Gasteiger partial charge >= 0.3 is 5.97 Å². The van der Waals surface area contributed by atoms with E-state index in [2.05, 4.69) is 10.4 Å². The number of hydrogen-bond acceptors (Lipinski definition) is 3. The van der Waals surface area contributed by atoms with Crippen LogP contribution in [0.5, 0.6) is 0 Å². The highest BCUT2D eigenvalue weighted by Gasteiger charge is 2.30. The second-order valence-corrected chi connectivity index (χ2v) is 6.66. The van der Waals surface area contributed by atoms with Gasteiger partial charge in [0, 0.05) is 11.2 Å². The van der Waals surface area contributed by atoms with E-state index >= 15 is 0 Å². The second-order valence-electron chi connectivity index (χ2n) is 5.81. The van der Waals surface area contributed by atoms with Gasteiger partial charge in [0.25, 0.3) is 5.91 Å². The molecule has 1 saturated carbocycles. The molecule has 0 bridgehead atoms. The Morgan fingerprint density at radius 3 is 2.75 bits per heavy atom. The number of aromatic nitrogens is 2. The van der Waals surface area contributed by atoms with Crippen LogP contribution in [0, 0.1) is 5.92 Å². The molecule has 1 unspecified atom stereocenters. The minimum Gasteiger partial charge on any atom is -0.480 e. The lowest BCUT2D eigenvalue weighted by Gasteiger charge is -2.13. The first-order valence-corrected chi connectivity index (χ1v) is 8.23. The minimum atomic E-state index is -1.02. The van der Waals surface area contributed by atoms with Gasteiger partial charge < -0.3 is 10.4 Å². The van der Waals surface area contributed by atoms with Crippen molar-refractivity contribution in [2.24, 2.45) is 5.92 Å². The molecule has 24 heavy (non-hydrogen) atoms. The zero-order chi connectivity index (χ0) is 17.3. The van der Waals surface area contributed by atoms with Crippen molar-refractivity contribution in [3.63, 3.8) is 0 Å². The van der Waals surface area contributed by atoms with Crippen LogP contribution in [-0.2, 0) is 4.79 Å². The highest BCUT2D eigenvalue weighted by atomic mass is 35.5. The second kappa shape index (κ2) is 6.83. The van der Waals surface area contributed by atoms with Gasteiger partial charge in [0.15, 0.2) is 0 Å². The number of nitrogens with one attached hydrogen (secondary N) is 1. The molecule has 6 nitrogen and oxygen atoms in total. The number of carboxylic acid groups (broad SMARTS) is 1. The van der Waals surface area contributed by atoms with Crippen molar-refractivity contribution < 1.29 is 14.7 Å². The van der Waals surface area contributed by atoms with Gasteiger partial charge in [-0.25, -0.2) is 9.48 Å². The maximum Gasteiger partial charge on any atom is 0.326 e. The fraction of sp³-hybridized carbons (Fsp3) is 0.312. The molecule has 2 aromatic rings. The van der Waals surface area contributed by atoms with Crippen molar-refractivity contribution in [2.75, 3.05) is 0 Å². The van der Waals surface area contributed by atoms with Crippen molar-refractivity contribution in [3.05, 3.63) is 46.2 Å². The first-order valence-electron chi connectivity index (χ1n) is 7.48. The number of hydrogen-bond donors (Lipinski definition) is 2. The van der Waals surface area contributed by atoms with Crippen LogP contribution in [0.2, 0.25) is 10.0 Å². The average Bonchev–Trinajstić information content (AvgIpc) is 3.20. The number of aliphatic carboxylic acids is 1. The first-order chi connectivity index (χ1) is 11.4. The topological polar surface area (TPSA) is 84.2 Å². The van der Waals surface area contributed by atoms with Crippen LogP contribution in [0.1, 0.15) is 29.6 Å². The summed E-state index contributed by atoms with van der Waals surface area (Å²) < 4.78 is 1.45. The summed E-state index contributed by atoms with van der Waals surface area (Å²) in [6, 6.07) is 4.05. The Kier molecular flexibility index (Phi) is 4.78. The molecule has 2 N–H and O–H groups in total. The summed E-state index contributed by atoms with van der Waals surface area (Å²) in [5.41, 5.74) is 0.843.